The second-order valence-electron chi connectivity index (χ2n) is 4.36. The van der Waals surface area contributed by atoms with Gasteiger partial charge in [0.1, 0.15) is 0 Å². The molecule has 0 aliphatic carbocycles. The van der Waals surface area contributed by atoms with Crippen molar-refractivity contribution < 1.29 is 14.8 Å². The van der Waals surface area contributed by atoms with Crippen molar-refractivity contribution in [2.45, 2.75) is 19.4 Å². The van der Waals surface area contributed by atoms with Crippen LogP contribution >= 0.6 is 0 Å². The number of para-hydroxylation sites is 1. The number of hydrogen-bond acceptors (Lipinski definition) is 5. The molecule has 0 spiro atoms. The van der Waals surface area contributed by atoms with Gasteiger partial charge in [-0.3, -0.25) is 14.9 Å². The summed E-state index contributed by atoms with van der Waals surface area (Å²) in [5.41, 5.74) is 2.89. The maximum Gasteiger partial charge on any atom is 0.275 e. The third-order valence-corrected chi connectivity index (χ3v) is 3.13. The van der Waals surface area contributed by atoms with Crippen molar-refractivity contribution in [1.82, 2.24) is 5.43 Å². The lowest BCUT2D eigenvalue weighted by Crippen LogP contribution is -2.34. The van der Waals surface area contributed by atoms with Crippen LogP contribution in [0.15, 0.2) is 29.4 Å². The van der Waals surface area contributed by atoms with Gasteiger partial charge in [-0.1, -0.05) is 12.1 Å². The van der Waals surface area contributed by atoms with Gasteiger partial charge in [0.25, 0.3) is 5.69 Å². The fourth-order valence-corrected chi connectivity index (χ4v) is 2.09. The van der Waals surface area contributed by atoms with Crippen molar-refractivity contribution in [2.24, 2.45) is 11.0 Å². The maximum atomic E-state index is 11.3. The lowest BCUT2D eigenvalue weighted by Gasteiger charge is -2.25. The summed E-state index contributed by atoms with van der Waals surface area (Å²) < 4.78 is 0. The molecule has 1 aliphatic rings. The van der Waals surface area contributed by atoms with Crippen molar-refractivity contribution >= 4 is 17.3 Å². The van der Waals surface area contributed by atoms with E-state index in [2.05, 4.69) is 10.5 Å². The maximum absolute atomic E-state index is 11.3. The van der Waals surface area contributed by atoms with E-state index in [0.29, 0.717) is 5.71 Å². The van der Waals surface area contributed by atoms with Gasteiger partial charge in [-0.05, 0) is 13.0 Å². The van der Waals surface area contributed by atoms with E-state index in [4.69, 9.17) is 0 Å². The number of hydrazone groups is 1. The first-order valence-electron chi connectivity index (χ1n) is 5.75. The molecular weight excluding hydrogens is 250 g/mol. The Balaban J connectivity index is 2.36. The van der Waals surface area contributed by atoms with Crippen molar-refractivity contribution in [2.75, 3.05) is 0 Å². The minimum absolute atomic E-state index is 0.0581. The zero-order chi connectivity index (χ0) is 14.0. The molecular formula is C12H13N3O4. The van der Waals surface area contributed by atoms with Gasteiger partial charge in [-0.25, -0.2) is 5.43 Å². The average molecular weight is 263 g/mol. The number of nitro groups is 1. The molecule has 1 aromatic carbocycles. The number of nitrogens with zero attached hydrogens (tertiary/aromatic N) is 2. The minimum atomic E-state index is -1.13. The second-order valence-corrected chi connectivity index (χ2v) is 4.36. The molecule has 1 aliphatic heterocycles. The summed E-state index contributed by atoms with van der Waals surface area (Å²) in [4.78, 5) is 21.7. The van der Waals surface area contributed by atoms with Gasteiger partial charge >= 0.3 is 0 Å². The summed E-state index contributed by atoms with van der Waals surface area (Å²) in [6.07, 6.45) is -1.07. The summed E-state index contributed by atoms with van der Waals surface area (Å²) in [5, 5.41) is 25.0. The molecule has 0 unspecified atom stereocenters. The van der Waals surface area contributed by atoms with Crippen LogP contribution in [0.3, 0.4) is 0 Å². The SMILES string of the molecule is CC1=NNC(=O)C[C@H]1[C@H](O)c1ccccc1[N+](=O)[O-]. The fourth-order valence-electron chi connectivity index (χ4n) is 2.09. The van der Waals surface area contributed by atoms with Crippen LogP contribution in [0.4, 0.5) is 5.69 Å². The van der Waals surface area contributed by atoms with E-state index in [1.165, 1.54) is 18.2 Å². The van der Waals surface area contributed by atoms with Crippen LogP contribution in [0.25, 0.3) is 0 Å². The molecule has 100 valence electrons. The lowest BCUT2D eigenvalue weighted by atomic mass is 9.87. The number of aliphatic hydroxyl groups excluding tert-OH is 1. The van der Waals surface area contributed by atoms with Crippen LogP contribution in [0.2, 0.25) is 0 Å². The van der Waals surface area contributed by atoms with Crippen LogP contribution in [-0.4, -0.2) is 21.6 Å². The van der Waals surface area contributed by atoms with Crippen LogP contribution < -0.4 is 5.43 Å². The Morgan fingerprint density at radius 1 is 1.53 bits per heavy atom. The molecule has 19 heavy (non-hydrogen) atoms. The topological polar surface area (TPSA) is 105 Å². The predicted molar refractivity (Wildman–Crippen MR) is 67.4 cm³/mol. The molecule has 2 atom stereocenters. The Morgan fingerprint density at radius 2 is 2.21 bits per heavy atom. The number of carbonyl (C=O) groups is 1. The van der Waals surface area contributed by atoms with Crippen molar-refractivity contribution in [3.8, 4) is 0 Å². The van der Waals surface area contributed by atoms with E-state index >= 15 is 0 Å². The molecule has 0 saturated heterocycles. The zero-order valence-corrected chi connectivity index (χ0v) is 10.2. The van der Waals surface area contributed by atoms with E-state index in [1.54, 1.807) is 13.0 Å². The van der Waals surface area contributed by atoms with Gasteiger partial charge in [0, 0.05) is 24.1 Å². The number of aliphatic hydroxyl groups is 1. The Morgan fingerprint density at radius 3 is 2.89 bits per heavy atom. The van der Waals surface area contributed by atoms with E-state index in [9.17, 15) is 20.0 Å². The summed E-state index contributed by atoms with van der Waals surface area (Å²) >= 11 is 0. The number of hydrogen-bond donors (Lipinski definition) is 2. The summed E-state index contributed by atoms with van der Waals surface area (Å²) in [6, 6.07) is 5.96. The van der Waals surface area contributed by atoms with E-state index in [1.807, 2.05) is 0 Å². The highest BCUT2D eigenvalue weighted by Gasteiger charge is 2.32. The molecule has 7 nitrogen and oxygen atoms in total. The molecule has 1 amide bonds. The number of carbonyl (C=O) groups excluding carboxylic acids is 1. The number of nitrogens with one attached hydrogen (secondary N) is 1. The first-order valence-corrected chi connectivity index (χ1v) is 5.75. The first-order chi connectivity index (χ1) is 9.00. The molecule has 0 bridgehead atoms. The molecule has 2 N–H and O–H groups in total. The zero-order valence-electron chi connectivity index (χ0n) is 10.2. The minimum Gasteiger partial charge on any atom is -0.387 e. The molecule has 0 aromatic heterocycles. The molecule has 0 radical (unpaired) electrons. The van der Waals surface area contributed by atoms with Crippen molar-refractivity contribution in [3.63, 3.8) is 0 Å². The molecule has 0 saturated carbocycles. The van der Waals surface area contributed by atoms with E-state index in [0.717, 1.165) is 0 Å². The van der Waals surface area contributed by atoms with Crippen molar-refractivity contribution in [3.05, 3.63) is 39.9 Å². The number of rotatable bonds is 3. The molecule has 1 heterocycles. The second kappa shape index (κ2) is 5.15. The molecule has 1 aromatic rings. The quantitative estimate of drug-likeness (QED) is 0.630. The Bertz CT molecular complexity index is 556. The van der Waals surface area contributed by atoms with Gasteiger partial charge in [0.05, 0.1) is 16.6 Å². The normalized spacial score (nSPS) is 20.4. The van der Waals surface area contributed by atoms with Crippen molar-refractivity contribution in [1.29, 1.82) is 0 Å². The molecule has 2 rings (SSSR count). The highest BCUT2D eigenvalue weighted by molar-refractivity contribution is 5.93. The van der Waals surface area contributed by atoms with Gasteiger partial charge in [0.15, 0.2) is 0 Å². The summed E-state index contributed by atoms with van der Waals surface area (Å²) in [6.45, 7) is 1.67. The Hall–Kier alpha value is -2.28. The highest BCUT2D eigenvalue weighted by atomic mass is 16.6. The number of nitro benzene ring substituents is 1. The van der Waals surface area contributed by atoms with E-state index < -0.39 is 16.9 Å². The van der Waals surface area contributed by atoms with Gasteiger partial charge < -0.3 is 5.11 Å². The predicted octanol–water partition coefficient (Wildman–Crippen LogP) is 1.14. The third-order valence-electron chi connectivity index (χ3n) is 3.13. The van der Waals surface area contributed by atoms with Gasteiger partial charge in [-0.15, -0.1) is 0 Å². The highest BCUT2D eigenvalue weighted by Crippen LogP contribution is 2.33. The molecule has 0 fully saturated rings. The standard InChI is InChI=1S/C12H13N3O4/c1-7-9(6-11(16)14-13-7)12(17)8-4-2-3-5-10(8)15(18)19/h2-5,9,12,17H,6H2,1H3,(H,14,16)/t9-,12-/m1/s1. The average Bonchev–Trinajstić information content (AvgIpc) is 2.40. The van der Waals surface area contributed by atoms with Crippen LogP contribution in [-0.2, 0) is 4.79 Å². The monoisotopic (exact) mass is 263 g/mol. The van der Waals surface area contributed by atoms with Crippen LogP contribution in [0.5, 0.6) is 0 Å². The van der Waals surface area contributed by atoms with Gasteiger partial charge in [-0.2, -0.15) is 5.10 Å². The number of amides is 1. The lowest BCUT2D eigenvalue weighted by molar-refractivity contribution is -0.386. The fraction of sp³-hybridized carbons (Fsp3) is 0.333. The summed E-state index contributed by atoms with van der Waals surface area (Å²) in [7, 11) is 0. The van der Waals surface area contributed by atoms with Gasteiger partial charge in [0.2, 0.25) is 5.91 Å². The third kappa shape index (κ3) is 2.60. The number of benzene rings is 1. The van der Waals surface area contributed by atoms with Crippen LogP contribution in [0.1, 0.15) is 25.0 Å². The van der Waals surface area contributed by atoms with Crippen LogP contribution in [0, 0.1) is 16.0 Å². The molecule has 7 heteroatoms. The first kappa shape index (κ1) is 13.2. The van der Waals surface area contributed by atoms with E-state index in [-0.39, 0.29) is 23.6 Å². The summed E-state index contributed by atoms with van der Waals surface area (Å²) in [5.74, 6) is -0.858. The smallest absolute Gasteiger partial charge is 0.275 e. The largest absolute Gasteiger partial charge is 0.387 e. The Kier molecular flexibility index (Phi) is 3.57. The Labute approximate surface area is 109 Å².